The Bertz CT molecular complexity index is 330. The summed E-state index contributed by atoms with van der Waals surface area (Å²) in [6, 6.07) is 0.723. The van der Waals surface area contributed by atoms with Crippen LogP contribution in [0.4, 0.5) is 0 Å². The average Bonchev–Trinajstić information content (AvgIpc) is 2.86. The molecular weight excluding hydrogens is 236 g/mol. The summed E-state index contributed by atoms with van der Waals surface area (Å²) in [5.74, 6) is 2.60. The lowest BCUT2D eigenvalue weighted by Gasteiger charge is -2.09. The van der Waals surface area contributed by atoms with E-state index in [0.29, 0.717) is 0 Å². The molecule has 0 bridgehead atoms. The Kier molecular flexibility index (Phi) is 4.67. The monoisotopic (exact) mass is 256 g/mol. The number of nitrogens with zero attached hydrogens (tertiary/aromatic N) is 1. The first kappa shape index (κ1) is 12.4. The zero-order valence-electron chi connectivity index (χ0n) is 10.1. The molecule has 1 aliphatic rings. The van der Waals surface area contributed by atoms with Gasteiger partial charge in [-0.25, -0.2) is 4.98 Å². The molecule has 0 amide bonds. The molecule has 0 aliphatic carbocycles. The van der Waals surface area contributed by atoms with E-state index in [2.05, 4.69) is 35.9 Å². The van der Waals surface area contributed by atoms with E-state index in [9.17, 15) is 0 Å². The first-order chi connectivity index (χ1) is 7.79. The summed E-state index contributed by atoms with van der Waals surface area (Å²) in [6.45, 7) is 5.36. The number of hydrogen-bond acceptors (Lipinski definition) is 4. The average molecular weight is 256 g/mol. The van der Waals surface area contributed by atoms with Crippen molar-refractivity contribution in [3.05, 3.63) is 15.6 Å². The smallest absolute Gasteiger partial charge is 0.0931 e. The third kappa shape index (κ3) is 3.22. The second-order valence-corrected chi connectivity index (χ2v) is 6.63. The van der Waals surface area contributed by atoms with Crippen LogP contribution in [0.3, 0.4) is 0 Å². The molecule has 1 aliphatic heterocycles. The van der Waals surface area contributed by atoms with Gasteiger partial charge in [0.15, 0.2) is 0 Å². The highest BCUT2D eigenvalue weighted by Gasteiger charge is 2.15. The van der Waals surface area contributed by atoms with Gasteiger partial charge in [-0.3, -0.25) is 0 Å². The predicted octanol–water partition coefficient (Wildman–Crippen LogP) is 3.00. The van der Waals surface area contributed by atoms with Gasteiger partial charge in [0.1, 0.15) is 0 Å². The van der Waals surface area contributed by atoms with E-state index in [-0.39, 0.29) is 0 Å². The second-order valence-electron chi connectivity index (χ2n) is 4.31. The summed E-state index contributed by atoms with van der Waals surface area (Å²) in [5.41, 5.74) is 1.23. The number of hydrogen-bond donors (Lipinski definition) is 1. The first-order valence-electron chi connectivity index (χ1n) is 6.06. The number of thiazole rings is 1. The molecule has 0 saturated carbocycles. The minimum absolute atomic E-state index is 0.723. The standard InChI is InChI=1S/C12H20N2S2/c1-3-4-12-14-9(2)11(16-12)7-13-10-5-6-15-8-10/h10,13H,3-8H2,1-2H3/t10-/m0/s1. The predicted molar refractivity (Wildman–Crippen MR) is 73.4 cm³/mol. The van der Waals surface area contributed by atoms with Crippen LogP contribution in [0.1, 0.15) is 35.3 Å². The second kappa shape index (κ2) is 6.03. The van der Waals surface area contributed by atoms with Gasteiger partial charge in [0.05, 0.1) is 10.7 Å². The van der Waals surface area contributed by atoms with Gasteiger partial charge in [0.25, 0.3) is 0 Å². The van der Waals surface area contributed by atoms with Crippen molar-refractivity contribution in [3.63, 3.8) is 0 Å². The van der Waals surface area contributed by atoms with Gasteiger partial charge < -0.3 is 5.32 Å². The SMILES string of the molecule is CCCc1nc(C)c(CN[C@H]2CCSC2)s1. The number of thioether (sulfide) groups is 1. The molecule has 0 unspecified atom stereocenters. The molecule has 1 aromatic heterocycles. The van der Waals surface area contributed by atoms with Crippen LogP contribution in [0.15, 0.2) is 0 Å². The zero-order valence-corrected chi connectivity index (χ0v) is 11.7. The summed E-state index contributed by atoms with van der Waals surface area (Å²) in [5, 5.41) is 4.95. The maximum Gasteiger partial charge on any atom is 0.0931 e. The fourth-order valence-electron chi connectivity index (χ4n) is 1.91. The summed E-state index contributed by atoms with van der Waals surface area (Å²) in [6.07, 6.45) is 3.65. The Morgan fingerprint density at radius 1 is 1.50 bits per heavy atom. The fourth-order valence-corrected chi connectivity index (χ4v) is 4.21. The van der Waals surface area contributed by atoms with E-state index in [0.717, 1.165) is 19.0 Å². The molecule has 0 radical (unpaired) electrons. The third-order valence-electron chi connectivity index (χ3n) is 2.88. The van der Waals surface area contributed by atoms with Gasteiger partial charge in [0.2, 0.25) is 0 Å². The molecule has 0 aromatic carbocycles. The Morgan fingerprint density at radius 3 is 3.06 bits per heavy atom. The molecule has 1 atom stereocenters. The maximum absolute atomic E-state index is 4.62. The molecule has 90 valence electrons. The highest BCUT2D eigenvalue weighted by molar-refractivity contribution is 7.99. The van der Waals surface area contributed by atoms with Crippen LogP contribution in [-0.2, 0) is 13.0 Å². The largest absolute Gasteiger partial charge is 0.308 e. The highest BCUT2D eigenvalue weighted by Crippen LogP contribution is 2.21. The lowest BCUT2D eigenvalue weighted by molar-refractivity contribution is 0.560. The zero-order chi connectivity index (χ0) is 11.4. The van der Waals surface area contributed by atoms with Gasteiger partial charge in [-0.15, -0.1) is 11.3 Å². The Hall–Kier alpha value is -0.0600. The Balaban J connectivity index is 1.87. The van der Waals surface area contributed by atoms with Crippen LogP contribution >= 0.6 is 23.1 Å². The molecule has 1 fully saturated rings. The van der Waals surface area contributed by atoms with Crippen LogP contribution in [0.2, 0.25) is 0 Å². The molecular formula is C12H20N2S2. The van der Waals surface area contributed by atoms with Crippen molar-refractivity contribution in [1.82, 2.24) is 10.3 Å². The normalized spacial score (nSPS) is 20.5. The van der Waals surface area contributed by atoms with Gasteiger partial charge in [-0.2, -0.15) is 11.8 Å². The lowest BCUT2D eigenvalue weighted by atomic mass is 10.2. The molecule has 2 rings (SSSR count). The summed E-state index contributed by atoms with van der Waals surface area (Å²) in [4.78, 5) is 6.05. The van der Waals surface area contributed by atoms with Crippen molar-refractivity contribution in [2.75, 3.05) is 11.5 Å². The van der Waals surface area contributed by atoms with E-state index in [1.165, 1.54) is 39.9 Å². The molecule has 1 N–H and O–H groups in total. The topological polar surface area (TPSA) is 24.9 Å². The fraction of sp³-hybridized carbons (Fsp3) is 0.750. The van der Waals surface area contributed by atoms with Gasteiger partial charge in [-0.05, 0) is 31.9 Å². The number of nitrogens with one attached hydrogen (secondary N) is 1. The van der Waals surface area contributed by atoms with Crippen molar-refractivity contribution >= 4 is 23.1 Å². The van der Waals surface area contributed by atoms with Gasteiger partial charge in [0, 0.05) is 23.2 Å². The van der Waals surface area contributed by atoms with Gasteiger partial charge >= 0.3 is 0 Å². The molecule has 1 saturated heterocycles. The van der Waals surface area contributed by atoms with E-state index in [1.54, 1.807) is 0 Å². The van der Waals surface area contributed by atoms with Crippen LogP contribution in [-0.4, -0.2) is 22.5 Å². The van der Waals surface area contributed by atoms with Crippen LogP contribution < -0.4 is 5.32 Å². The minimum Gasteiger partial charge on any atom is -0.308 e. The molecule has 0 spiro atoms. The van der Waals surface area contributed by atoms with E-state index < -0.39 is 0 Å². The molecule has 16 heavy (non-hydrogen) atoms. The maximum atomic E-state index is 4.62. The quantitative estimate of drug-likeness (QED) is 0.876. The lowest BCUT2D eigenvalue weighted by Crippen LogP contribution is -2.27. The summed E-state index contributed by atoms with van der Waals surface area (Å²) in [7, 11) is 0. The first-order valence-corrected chi connectivity index (χ1v) is 8.03. The molecule has 2 heterocycles. The number of aryl methyl sites for hydroxylation is 2. The van der Waals surface area contributed by atoms with Crippen LogP contribution in [0, 0.1) is 6.92 Å². The van der Waals surface area contributed by atoms with Crippen molar-refractivity contribution in [1.29, 1.82) is 0 Å². The minimum atomic E-state index is 0.723. The van der Waals surface area contributed by atoms with E-state index in [4.69, 9.17) is 0 Å². The van der Waals surface area contributed by atoms with Crippen molar-refractivity contribution in [2.24, 2.45) is 0 Å². The Morgan fingerprint density at radius 2 is 2.38 bits per heavy atom. The molecule has 1 aromatic rings. The molecule has 4 heteroatoms. The number of rotatable bonds is 5. The van der Waals surface area contributed by atoms with Gasteiger partial charge in [-0.1, -0.05) is 6.92 Å². The van der Waals surface area contributed by atoms with Crippen molar-refractivity contribution in [3.8, 4) is 0 Å². The third-order valence-corrected chi connectivity index (χ3v) is 5.26. The van der Waals surface area contributed by atoms with Crippen molar-refractivity contribution < 1.29 is 0 Å². The van der Waals surface area contributed by atoms with E-state index >= 15 is 0 Å². The van der Waals surface area contributed by atoms with Crippen molar-refractivity contribution in [2.45, 2.75) is 45.7 Å². The van der Waals surface area contributed by atoms with Crippen LogP contribution in [0.5, 0.6) is 0 Å². The molecule has 2 nitrogen and oxygen atoms in total. The van der Waals surface area contributed by atoms with Crippen LogP contribution in [0.25, 0.3) is 0 Å². The van der Waals surface area contributed by atoms with E-state index in [1.807, 2.05) is 11.3 Å². The highest BCUT2D eigenvalue weighted by atomic mass is 32.2. The summed E-state index contributed by atoms with van der Waals surface area (Å²) < 4.78 is 0. The Labute approximate surface area is 106 Å². The summed E-state index contributed by atoms with van der Waals surface area (Å²) >= 11 is 3.95. The number of aromatic nitrogens is 1.